The quantitative estimate of drug-likeness (QED) is 0.624. The molecule has 2 aromatic rings. The fourth-order valence-electron chi connectivity index (χ4n) is 3.43. The number of nitrogens with zero attached hydrogens (tertiary/aromatic N) is 4. The number of fused-ring (bicyclic) bond motifs is 3. The first-order valence-corrected chi connectivity index (χ1v) is 8.01. The molecule has 1 unspecified atom stereocenters. The van der Waals surface area contributed by atoms with E-state index < -0.39 is 10.8 Å². The summed E-state index contributed by atoms with van der Waals surface area (Å²) in [5.74, 6) is 0.0275. The van der Waals surface area contributed by atoms with Crippen LogP contribution in [0.3, 0.4) is 0 Å². The highest BCUT2D eigenvalue weighted by Gasteiger charge is 2.40. The smallest absolute Gasteiger partial charge is 0.269 e. The third-order valence-corrected chi connectivity index (χ3v) is 4.65. The Balaban J connectivity index is 1.91. The Morgan fingerprint density at radius 3 is 2.37 bits per heavy atom. The largest absolute Gasteiger partial charge is 0.384 e. The van der Waals surface area contributed by atoms with Crippen LogP contribution in [0.5, 0.6) is 0 Å². The first-order chi connectivity index (χ1) is 13.1. The maximum absolute atomic E-state index is 10.9. The van der Waals surface area contributed by atoms with Gasteiger partial charge in [-0.2, -0.15) is 10.5 Å². The van der Waals surface area contributed by atoms with Crippen LogP contribution >= 0.6 is 0 Å². The van der Waals surface area contributed by atoms with Gasteiger partial charge in [-0.25, -0.2) is 0 Å². The molecule has 2 heterocycles. The monoisotopic (exact) mass is 356 g/mol. The van der Waals surface area contributed by atoms with Crippen LogP contribution in [0.4, 0.5) is 17.1 Å². The highest BCUT2D eigenvalue weighted by Crippen LogP contribution is 2.47. The van der Waals surface area contributed by atoms with Crippen LogP contribution in [0.25, 0.3) is 0 Å². The van der Waals surface area contributed by atoms with Crippen molar-refractivity contribution in [2.45, 2.75) is 5.92 Å². The van der Waals surface area contributed by atoms with Crippen LogP contribution in [0.1, 0.15) is 11.5 Å². The lowest BCUT2D eigenvalue weighted by atomic mass is 9.83. The summed E-state index contributed by atoms with van der Waals surface area (Å²) in [6.07, 6.45) is 0. The lowest BCUT2D eigenvalue weighted by Gasteiger charge is -2.31. The molecular weight excluding hydrogens is 344 g/mol. The molecule has 0 saturated heterocycles. The SMILES string of the molecule is N#CC1=C(N)N2C(=C(C#N)C1c1ccc([N+](=O)[O-])cc1)Nc1ccccc12. The number of nitro groups is 1. The number of hydrogen-bond acceptors (Lipinski definition) is 7. The minimum Gasteiger partial charge on any atom is -0.384 e. The molecule has 3 N–H and O–H groups in total. The van der Waals surface area contributed by atoms with Crippen LogP contribution in [-0.4, -0.2) is 4.92 Å². The molecule has 0 fully saturated rings. The van der Waals surface area contributed by atoms with Gasteiger partial charge in [0.15, 0.2) is 0 Å². The maximum Gasteiger partial charge on any atom is 0.269 e. The predicted molar refractivity (Wildman–Crippen MR) is 97.8 cm³/mol. The highest BCUT2D eigenvalue weighted by atomic mass is 16.6. The van der Waals surface area contributed by atoms with E-state index in [4.69, 9.17) is 5.73 Å². The van der Waals surface area contributed by atoms with E-state index in [-0.39, 0.29) is 17.1 Å². The van der Waals surface area contributed by atoms with Crippen molar-refractivity contribution in [3.05, 3.63) is 87.0 Å². The zero-order chi connectivity index (χ0) is 19.1. The van der Waals surface area contributed by atoms with Crippen molar-refractivity contribution in [1.29, 1.82) is 10.5 Å². The summed E-state index contributed by atoms with van der Waals surface area (Å²) >= 11 is 0. The topological polar surface area (TPSA) is 132 Å². The van der Waals surface area contributed by atoms with Crippen LogP contribution < -0.4 is 16.0 Å². The molecule has 0 bridgehead atoms. The van der Waals surface area contributed by atoms with Crippen molar-refractivity contribution in [3.63, 3.8) is 0 Å². The van der Waals surface area contributed by atoms with Gasteiger partial charge in [-0.05, 0) is 17.7 Å². The predicted octanol–water partition coefficient (Wildman–Crippen LogP) is 3.05. The van der Waals surface area contributed by atoms with Crippen molar-refractivity contribution >= 4 is 17.1 Å². The second-order valence-electron chi connectivity index (χ2n) is 6.04. The van der Waals surface area contributed by atoms with Crippen molar-refractivity contribution in [3.8, 4) is 12.1 Å². The summed E-state index contributed by atoms with van der Waals surface area (Å²) in [6, 6.07) is 17.5. The van der Waals surface area contributed by atoms with Gasteiger partial charge in [-0.3, -0.25) is 15.0 Å². The van der Waals surface area contributed by atoms with E-state index in [1.54, 1.807) is 17.0 Å². The van der Waals surface area contributed by atoms with Gasteiger partial charge < -0.3 is 11.1 Å². The Hall–Kier alpha value is -4.30. The normalized spacial score (nSPS) is 17.6. The highest BCUT2D eigenvalue weighted by molar-refractivity contribution is 5.86. The van der Waals surface area contributed by atoms with Gasteiger partial charge in [0.05, 0.1) is 45.5 Å². The summed E-state index contributed by atoms with van der Waals surface area (Å²) in [5, 5.41) is 33.7. The van der Waals surface area contributed by atoms with Gasteiger partial charge in [0.2, 0.25) is 0 Å². The van der Waals surface area contributed by atoms with E-state index in [1.807, 2.05) is 24.3 Å². The van der Waals surface area contributed by atoms with Crippen LogP contribution in [0, 0.1) is 32.8 Å². The number of benzene rings is 2. The summed E-state index contributed by atoms with van der Waals surface area (Å²) < 4.78 is 0. The van der Waals surface area contributed by atoms with Crippen LogP contribution in [-0.2, 0) is 0 Å². The van der Waals surface area contributed by atoms with Gasteiger partial charge in [0.1, 0.15) is 11.6 Å². The van der Waals surface area contributed by atoms with E-state index in [2.05, 4.69) is 17.5 Å². The van der Waals surface area contributed by atoms with E-state index in [9.17, 15) is 20.6 Å². The fourth-order valence-corrected chi connectivity index (χ4v) is 3.43. The molecular formula is C19H12N6O2. The van der Waals surface area contributed by atoms with E-state index >= 15 is 0 Å². The molecule has 0 radical (unpaired) electrons. The molecule has 0 spiro atoms. The Labute approximate surface area is 154 Å². The molecule has 8 nitrogen and oxygen atoms in total. The second-order valence-corrected chi connectivity index (χ2v) is 6.04. The number of nitrogens with two attached hydrogens (primary N) is 1. The number of non-ortho nitro benzene ring substituents is 1. The number of rotatable bonds is 2. The van der Waals surface area contributed by atoms with Gasteiger partial charge in [0, 0.05) is 12.1 Å². The number of anilines is 2. The molecule has 2 aromatic carbocycles. The minimum atomic E-state index is -0.700. The standard InChI is InChI=1S/C19H12N6O2/c20-9-13-17(11-5-7-12(8-6-11)25(26)27)14(10-21)19-23-15-3-1-2-4-16(15)24(19)18(13)22/h1-8,17,23H,22H2. The molecule has 4 rings (SSSR count). The zero-order valence-corrected chi connectivity index (χ0v) is 13.9. The lowest BCUT2D eigenvalue weighted by Crippen LogP contribution is -2.34. The molecule has 0 aliphatic carbocycles. The Bertz CT molecular complexity index is 1120. The first-order valence-electron chi connectivity index (χ1n) is 8.01. The number of allylic oxidation sites excluding steroid dienone is 2. The summed E-state index contributed by atoms with van der Waals surface area (Å²) in [7, 11) is 0. The molecule has 2 aliphatic heterocycles. The fraction of sp³-hybridized carbons (Fsp3) is 0.0526. The maximum atomic E-state index is 10.9. The van der Waals surface area contributed by atoms with Gasteiger partial charge in [-0.15, -0.1) is 0 Å². The van der Waals surface area contributed by atoms with Crippen LogP contribution in [0.15, 0.2) is 71.3 Å². The van der Waals surface area contributed by atoms with Crippen molar-refractivity contribution in [1.82, 2.24) is 0 Å². The van der Waals surface area contributed by atoms with Gasteiger partial charge in [0.25, 0.3) is 5.69 Å². The van der Waals surface area contributed by atoms with Gasteiger partial charge in [-0.1, -0.05) is 24.3 Å². The van der Waals surface area contributed by atoms with Crippen molar-refractivity contribution in [2.75, 3.05) is 10.2 Å². The third kappa shape index (κ3) is 2.29. The number of nitro benzene ring substituents is 1. The average molecular weight is 356 g/mol. The first kappa shape index (κ1) is 16.2. The summed E-state index contributed by atoms with van der Waals surface area (Å²) in [5.41, 5.74) is 8.91. The Morgan fingerprint density at radius 2 is 1.74 bits per heavy atom. The van der Waals surface area contributed by atoms with E-state index in [0.29, 0.717) is 17.0 Å². The Morgan fingerprint density at radius 1 is 1.07 bits per heavy atom. The summed E-state index contributed by atoms with van der Waals surface area (Å²) in [4.78, 5) is 12.1. The molecule has 8 heteroatoms. The van der Waals surface area contributed by atoms with Gasteiger partial charge >= 0.3 is 0 Å². The molecule has 27 heavy (non-hydrogen) atoms. The van der Waals surface area contributed by atoms with E-state index in [1.165, 1.54) is 12.1 Å². The average Bonchev–Trinajstić information content (AvgIpc) is 3.07. The molecule has 0 saturated carbocycles. The Kier molecular flexibility index (Phi) is 3.54. The van der Waals surface area contributed by atoms with Crippen molar-refractivity contribution in [2.24, 2.45) is 5.73 Å². The van der Waals surface area contributed by atoms with Crippen LogP contribution in [0.2, 0.25) is 0 Å². The summed E-state index contributed by atoms with van der Waals surface area (Å²) in [6.45, 7) is 0. The van der Waals surface area contributed by atoms with E-state index in [0.717, 1.165) is 11.4 Å². The number of hydrogen-bond donors (Lipinski definition) is 2. The molecule has 2 aliphatic rings. The number of nitrogens with one attached hydrogen (secondary N) is 1. The molecule has 1 atom stereocenters. The molecule has 0 aromatic heterocycles. The zero-order valence-electron chi connectivity index (χ0n) is 13.9. The number of nitriles is 2. The third-order valence-electron chi connectivity index (χ3n) is 4.65. The molecule has 130 valence electrons. The minimum absolute atomic E-state index is 0.0656. The number of para-hydroxylation sites is 2. The lowest BCUT2D eigenvalue weighted by molar-refractivity contribution is -0.384. The second kappa shape index (κ2) is 5.90. The molecule has 0 amide bonds. The van der Waals surface area contributed by atoms with Crippen molar-refractivity contribution < 1.29 is 4.92 Å².